The average Bonchev–Trinajstić information content (AvgIpc) is 3.17. The highest BCUT2D eigenvalue weighted by molar-refractivity contribution is 6.63. The summed E-state index contributed by atoms with van der Waals surface area (Å²) in [5, 5.41) is 0. The molecule has 6 heteroatoms. The largest absolute Gasteiger partial charge is 0.500 e. The van der Waals surface area contributed by atoms with Crippen molar-refractivity contribution in [2.24, 2.45) is 0 Å². The van der Waals surface area contributed by atoms with Gasteiger partial charge in [0.25, 0.3) is 0 Å². The number of rotatable bonds is 4. The number of aromatic nitrogens is 1. The molecule has 0 atom stereocenters. The summed E-state index contributed by atoms with van der Waals surface area (Å²) < 4.78 is 23.5. The van der Waals surface area contributed by atoms with E-state index in [1.54, 1.807) is 19.5 Å². The van der Waals surface area contributed by atoms with Crippen molar-refractivity contribution in [1.29, 1.82) is 0 Å². The van der Waals surface area contributed by atoms with E-state index in [-0.39, 0.29) is 6.10 Å². The number of methoxy groups -OCH3 is 1. The molecule has 1 saturated carbocycles. The van der Waals surface area contributed by atoms with E-state index in [0.717, 1.165) is 18.3 Å². The molecule has 1 aliphatic carbocycles. The SMILES string of the molecule is COc1c(OC2CC2)cncc1B1OC(C)(C)C(C)(C)O1. The lowest BCUT2D eigenvalue weighted by atomic mass is 9.79. The Morgan fingerprint density at radius 1 is 1.14 bits per heavy atom. The Kier molecular flexibility index (Phi) is 3.41. The van der Waals surface area contributed by atoms with E-state index < -0.39 is 18.3 Å². The molecule has 0 bridgehead atoms. The summed E-state index contributed by atoms with van der Waals surface area (Å²) in [5.74, 6) is 1.31. The molecule has 0 radical (unpaired) electrons. The highest BCUT2D eigenvalue weighted by atomic mass is 16.7. The first-order chi connectivity index (χ1) is 9.84. The third kappa shape index (κ3) is 2.62. The summed E-state index contributed by atoms with van der Waals surface area (Å²) in [6, 6.07) is 0. The standard InChI is InChI=1S/C15H22BNO4/c1-14(2)15(3,4)21-16(20-14)11-8-17-9-12(13(11)18-5)19-10-6-7-10/h8-10H,6-7H2,1-5H3. The fourth-order valence-electron chi connectivity index (χ4n) is 2.25. The Balaban J connectivity index is 1.91. The van der Waals surface area contributed by atoms with Gasteiger partial charge in [0.2, 0.25) is 0 Å². The number of hydrogen-bond acceptors (Lipinski definition) is 5. The molecule has 0 N–H and O–H groups in total. The molecular weight excluding hydrogens is 269 g/mol. The van der Waals surface area contributed by atoms with Gasteiger partial charge in [-0.05, 0) is 40.5 Å². The second kappa shape index (κ2) is 4.88. The molecule has 0 unspecified atom stereocenters. The highest BCUT2D eigenvalue weighted by Gasteiger charge is 2.53. The molecule has 21 heavy (non-hydrogen) atoms. The van der Waals surface area contributed by atoms with Crippen LogP contribution in [0.15, 0.2) is 12.4 Å². The molecule has 1 aliphatic heterocycles. The van der Waals surface area contributed by atoms with Crippen molar-refractivity contribution in [3.05, 3.63) is 12.4 Å². The van der Waals surface area contributed by atoms with Crippen LogP contribution in [0.4, 0.5) is 0 Å². The molecule has 1 aromatic heterocycles. The molecule has 114 valence electrons. The fourth-order valence-corrected chi connectivity index (χ4v) is 2.25. The van der Waals surface area contributed by atoms with Gasteiger partial charge >= 0.3 is 7.12 Å². The lowest BCUT2D eigenvalue weighted by Gasteiger charge is -2.32. The van der Waals surface area contributed by atoms with Gasteiger partial charge in [0, 0.05) is 11.7 Å². The summed E-state index contributed by atoms with van der Waals surface area (Å²) in [6.07, 6.45) is 5.87. The lowest BCUT2D eigenvalue weighted by Crippen LogP contribution is -2.41. The summed E-state index contributed by atoms with van der Waals surface area (Å²) >= 11 is 0. The molecule has 0 amide bonds. The third-order valence-electron chi connectivity index (χ3n) is 4.42. The monoisotopic (exact) mass is 291 g/mol. The van der Waals surface area contributed by atoms with Crippen LogP contribution < -0.4 is 14.9 Å². The Labute approximate surface area is 126 Å². The predicted molar refractivity (Wildman–Crippen MR) is 80.2 cm³/mol. The van der Waals surface area contributed by atoms with Crippen LogP contribution in [0.5, 0.6) is 11.5 Å². The molecule has 0 aromatic carbocycles. The average molecular weight is 291 g/mol. The molecule has 1 saturated heterocycles. The van der Waals surface area contributed by atoms with E-state index in [2.05, 4.69) is 4.98 Å². The van der Waals surface area contributed by atoms with Gasteiger partial charge in [0.1, 0.15) is 0 Å². The van der Waals surface area contributed by atoms with Crippen LogP contribution in [-0.2, 0) is 9.31 Å². The van der Waals surface area contributed by atoms with E-state index in [0.29, 0.717) is 11.5 Å². The number of hydrogen-bond donors (Lipinski definition) is 0. The van der Waals surface area contributed by atoms with Gasteiger partial charge < -0.3 is 18.8 Å². The van der Waals surface area contributed by atoms with Gasteiger partial charge in [-0.3, -0.25) is 4.98 Å². The normalized spacial score (nSPS) is 23.2. The Bertz CT molecular complexity index is 526. The van der Waals surface area contributed by atoms with E-state index >= 15 is 0 Å². The Morgan fingerprint density at radius 3 is 2.29 bits per heavy atom. The third-order valence-corrected chi connectivity index (χ3v) is 4.42. The van der Waals surface area contributed by atoms with Crippen LogP contribution in [0.1, 0.15) is 40.5 Å². The maximum absolute atomic E-state index is 6.07. The van der Waals surface area contributed by atoms with Crippen LogP contribution in [0.2, 0.25) is 0 Å². The van der Waals surface area contributed by atoms with E-state index in [9.17, 15) is 0 Å². The van der Waals surface area contributed by atoms with Gasteiger partial charge in [0.05, 0.1) is 30.6 Å². The summed E-state index contributed by atoms with van der Waals surface area (Å²) in [5.41, 5.74) is -0.0131. The van der Waals surface area contributed by atoms with Crippen LogP contribution >= 0.6 is 0 Å². The van der Waals surface area contributed by atoms with Crippen LogP contribution in [0.25, 0.3) is 0 Å². The molecule has 3 rings (SSSR count). The Hall–Kier alpha value is -1.27. The second-order valence-corrected chi connectivity index (χ2v) is 6.67. The Morgan fingerprint density at radius 2 is 1.76 bits per heavy atom. The topological polar surface area (TPSA) is 49.8 Å². The minimum atomic E-state index is -0.500. The highest BCUT2D eigenvalue weighted by Crippen LogP contribution is 2.38. The predicted octanol–water partition coefficient (Wildman–Crippen LogP) is 1.93. The first kappa shape index (κ1) is 14.7. The van der Waals surface area contributed by atoms with Gasteiger partial charge in [-0.1, -0.05) is 0 Å². The van der Waals surface area contributed by atoms with Crippen molar-refractivity contribution >= 4 is 12.6 Å². The van der Waals surface area contributed by atoms with E-state index in [1.807, 2.05) is 27.7 Å². The molecule has 1 aromatic rings. The first-order valence-corrected chi connectivity index (χ1v) is 7.38. The summed E-state index contributed by atoms with van der Waals surface area (Å²) in [7, 11) is 1.13. The van der Waals surface area contributed by atoms with Crippen LogP contribution in [0.3, 0.4) is 0 Å². The van der Waals surface area contributed by atoms with Gasteiger partial charge in [-0.2, -0.15) is 0 Å². The summed E-state index contributed by atoms with van der Waals surface area (Å²) in [4.78, 5) is 4.25. The maximum atomic E-state index is 6.07. The van der Waals surface area contributed by atoms with Crippen molar-refractivity contribution in [2.45, 2.75) is 57.8 Å². The first-order valence-electron chi connectivity index (χ1n) is 7.38. The maximum Gasteiger partial charge on any atom is 0.500 e. The zero-order chi connectivity index (χ0) is 15.3. The van der Waals surface area contributed by atoms with E-state index in [4.69, 9.17) is 18.8 Å². The molecule has 2 aliphatic rings. The molecule has 2 heterocycles. The molecule has 0 spiro atoms. The van der Waals surface area contributed by atoms with Crippen LogP contribution in [-0.4, -0.2) is 36.5 Å². The second-order valence-electron chi connectivity index (χ2n) is 6.67. The molecule has 2 fully saturated rings. The molecular formula is C15H22BNO4. The van der Waals surface area contributed by atoms with Crippen molar-refractivity contribution in [3.8, 4) is 11.5 Å². The van der Waals surface area contributed by atoms with Crippen molar-refractivity contribution in [3.63, 3.8) is 0 Å². The quantitative estimate of drug-likeness (QED) is 0.793. The zero-order valence-corrected chi connectivity index (χ0v) is 13.3. The zero-order valence-electron chi connectivity index (χ0n) is 13.3. The number of nitrogens with zero attached hydrogens (tertiary/aromatic N) is 1. The minimum Gasteiger partial charge on any atom is -0.493 e. The van der Waals surface area contributed by atoms with Crippen LogP contribution in [0, 0.1) is 0 Å². The lowest BCUT2D eigenvalue weighted by molar-refractivity contribution is 0.00578. The molecule has 5 nitrogen and oxygen atoms in total. The number of pyridine rings is 1. The minimum absolute atomic E-state index is 0.286. The summed E-state index contributed by atoms with van der Waals surface area (Å²) in [6.45, 7) is 8.10. The van der Waals surface area contributed by atoms with Crippen molar-refractivity contribution in [2.75, 3.05) is 7.11 Å². The van der Waals surface area contributed by atoms with Gasteiger partial charge in [0.15, 0.2) is 11.5 Å². The number of ether oxygens (including phenoxy) is 2. The van der Waals surface area contributed by atoms with Gasteiger partial charge in [-0.15, -0.1) is 0 Å². The van der Waals surface area contributed by atoms with Crippen molar-refractivity contribution < 1.29 is 18.8 Å². The smallest absolute Gasteiger partial charge is 0.493 e. The van der Waals surface area contributed by atoms with Gasteiger partial charge in [-0.25, -0.2) is 0 Å². The van der Waals surface area contributed by atoms with E-state index in [1.165, 1.54) is 0 Å². The fraction of sp³-hybridized carbons (Fsp3) is 0.667. The van der Waals surface area contributed by atoms with Crippen molar-refractivity contribution in [1.82, 2.24) is 4.98 Å².